The van der Waals surface area contributed by atoms with Crippen LogP contribution in [-0.4, -0.2) is 66.9 Å². The standard InChI is InChI=1S/C16H25N3O3/c1-13(20)12-18-7-9-19(10-8-18)16(21)17-11-14-3-5-15(22-2)6-4-14/h3-6,13,20H,7-12H2,1-2H3,(H,17,21)/t13-/m0/s1. The first-order valence-electron chi connectivity index (χ1n) is 7.64. The highest BCUT2D eigenvalue weighted by Crippen LogP contribution is 2.11. The van der Waals surface area contributed by atoms with E-state index in [2.05, 4.69) is 10.2 Å². The zero-order valence-corrected chi connectivity index (χ0v) is 13.3. The van der Waals surface area contributed by atoms with Crippen molar-refractivity contribution in [3.63, 3.8) is 0 Å². The van der Waals surface area contributed by atoms with E-state index in [1.54, 1.807) is 14.0 Å². The number of hydrogen-bond donors (Lipinski definition) is 2. The third-order valence-electron chi connectivity index (χ3n) is 3.78. The van der Waals surface area contributed by atoms with Gasteiger partial charge in [-0.25, -0.2) is 4.79 Å². The molecule has 6 heteroatoms. The average Bonchev–Trinajstić information content (AvgIpc) is 2.53. The molecule has 0 radical (unpaired) electrons. The monoisotopic (exact) mass is 307 g/mol. The van der Waals surface area contributed by atoms with Gasteiger partial charge in [0.2, 0.25) is 0 Å². The normalized spacial score (nSPS) is 17.1. The predicted octanol–water partition coefficient (Wildman–Crippen LogP) is 0.903. The van der Waals surface area contributed by atoms with Gasteiger partial charge >= 0.3 is 6.03 Å². The van der Waals surface area contributed by atoms with Crippen LogP contribution < -0.4 is 10.1 Å². The number of amides is 2. The molecule has 1 atom stereocenters. The van der Waals surface area contributed by atoms with Gasteiger partial charge < -0.3 is 20.1 Å². The molecule has 1 fully saturated rings. The highest BCUT2D eigenvalue weighted by molar-refractivity contribution is 5.74. The topological polar surface area (TPSA) is 65.0 Å². The lowest BCUT2D eigenvalue weighted by Crippen LogP contribution is -2.52. The van der Waals surface area contributed by atoms with E-state index in [0.29, 0.717) is 26.2 Å². The molecular weight excluding hydrogens is 282 g/mol. The van der Waals surface area contributed by atoms with Crippen molar-refractivity contribution in [2.75, 3.05) is 39.8 Å². The summed E-state index contributed by atoms with van der Waals surface area (Å²) in [6.07, 6.45) is -0.324. The Hall–Kier alpha value is -1.79. The molecule has 0 aliphatic carbocycles. The molecule has 1 heterocycles. The molecule has 2 rings (SSSR count). The van der Waals surface area contributed by atoms with Crippen molar-refractivity contribution in [3.05, 3.63) is 29.8 Å². The molecule has 0 saturated carbocycles. The van der Waals surface area contributed by atoms with Crippen LogP contribution in [0.5, 0.6) is 5.75 Å². The maximum absolute atomic E-state index is 12.1. The van der Waals surface area contributed by atoms with Gasteiger partial charge in [0.1, 0.15) is 5.75 Å². The minimum atomic E-state index is -0.324. The Morgan fingerprint density at radius 2 is 1.91 bits per heavy atom. The molecule has 122 valence electrons. The van der Waals surface area contributed by atoms with Gasteiger partial charge in [-0.15, -0.1) is 0 Å². The summed E-state index contributed by atoms with van der Waals surface area (Å²) in [7, 11) is 1.63. The smallest absolute Gasteiger partial charge is 0.317 e. The van der Waals surface area contributed by atoms with Gasteiger partial charge in [-0.3, -0.25) is 4.90 Å². The Labute approximate surface area is 131 Å². The van der Waals surface area contributed by atoms with Crippen molar-refractivity contribution < 1.29 is 14.6 Å². The van der Waals surface area contributed by atoms with Crippen LogP contribution in [0, 0.1) is 0 Å². The van der Waals surface area contributed by atoms with Gasteiger partial charge in [0.25, 0.3) is 0 Å². The summed E-state index contributed by atoms with van der Waals surface area (Å²) < 4.78 is 5.11. The fraction of sp³-hybridized carbons (Fsp3) is 0.562. The molecule has 0 spiro atoms. The first-order valence-corrected chi connectivity index (χ1v) is 7.64. The number of urea groups is 1. The van der Waals surface area contributed by atoms with Crippen LogP contribution in [0.25, 0.3) is 0 Å². The number of piperazine rings is 1. The summed E-state index contributed by atoms with van der Waals surface area (Å²) in [5.74, 6) is 0.810. The minimum absolute atomic E-state index is 0.0347. The van der Waals surface area contributed by atoms with Crippen molar-refractivity contribution in [1.29, 1.82) is 0 Å². The predicted molar refractivity (Wildman–Crippen MR) is 84.9 cm³/mol. The first-order chi connectivity index (χ1) is 10.6. The van der Waals surface area contributed by atoms with Crippen molar-refractivity contribution in [2.24, 2.45) is 0 Å². The molecule has 6 nitrogen and oxygen atoms in total. The quantitative estimate of drug-likeness (QED) is 0.848. The van der Waals surface area contributed by atoms with E-state index >= 15 is 0 Å². The highest BCUT2D eigenvalue weighted by atomic mass is 16.5. The number of rotatable bonds is 5. The van der Waals surface area contributed by atoms with Gasteiger partial charge in [0, 0.05) is 39.3 Å². The molecule has 0 bridgehead atoms. The van der Waals surface area contributed by atoms with Gasteiger partial charge in [-0.05, 0) is 24.6 Å². The number of benzene rings is 1. The molecule has 2 amide bonds. The largest absolute Gasteiger partial charge is 0.497 e. The van der Waals surface area contributed by atoms with Crippen LogP contribution in [0.15, 0.2) is 24.3 Å². The SMILES string of the molecule is COc1ccc(CNC(=O)N2CCN(C[C@H](C)O)CC2)cc1. The minimum Gasteiger partial charge on any atom is -0.497 e. The molecule has 2 N–H and O–H groups in total. The van der Waals surface area contributed by atoms with Crippen molar-refractivity contribution in [2.45, 2.75) is 19.6 Å². The Kier molecular flexibility index (Phi) is 6.03. The van der Waals surface area contributed by atoms with Crippen molar-refractivity contribution >= 4 is 6.03 Å². The Morgan fingerprint density at radius 1 is 1.27 bits per heavy atom. The zero-order chi connectivity index (χ0) is 15.9. The number of nitrogens with zero attached hydrogens (tertiary/aromatic N) is 2. The summed E-state index contributed by atoms with van der Waals surface area (Å²) in [4.78, 5) is 16.1. The van der Waals surface area contributed by atoms with Crippen LogP contribution in [-0.2, 0) is 6.54 Å². The van der Waals surface area contributed by atoms with Gasteiger partial charge in [-0.2, -0.15) is 0 Å². The van der Waals surface area contributed by atoms with Gasteiger partial charge in [0.15, 0.2) is 0 Å². The number of β-amino-alcohol motifs (C(OH)–C–C–N with tert-alkyl or cyclic N) is 1. The Morgan fingerprint density at radius 3 is 2.45 bits per heavy atom. The van der Waals surface area contributed by atoms with Crippen LogP contribution >= 0.6 is 0 Å². The fourth-order valence-electron chi connectivity index (χ4n) is 2.54. The van der Waals surface area contributed by atoms with E-state index in [4.69, 9.17) is 4.74 Å². The Bertz CT molecular complexity index is 468. The number of aliphatic hydroxyl groups is 1. The van der Waals surface area contributed by atoms with Crippen LogP contribution in [0.2, 0.25) is 0 Å². The molecule has 1 aromatic carbocycles. The lowest BCUT2D eigenvalue weighted by molar-refractivity contribution is 0.0897. The number of aliphatic hydroxyl groups excluding tert-OH is 1. The second kappa shape index (κ2) is 8.00. The molecule has 1 aliphatic heterocycles. The molecule has 22 heavy (non-hydrogen) atoms. The summed E-state index contributed by atoms with van der Waals surface area (Å²) in [6, 6.07) is 7.62. The van der Waals surface area contributed by atoms with E-state index in [1.165, 1.54) is 0 Å². The maximum atomic E-state index is 12.1. The maximum Gasteiger partial charge on any atom is 0.317 e. The third-order valence-corrected chi connectivity index (χ3v) is 3.78. The lowest BCUT2D eigenvalue weighted by atomic mass is 10.2. The van der Waals surface area contributed by atoms with Gasteiger partial charge in [0.05, 0.1) is 13.2 Å². The number of carbonyl (C=O) groups is 1. The molecule has 0 aromatic heterocycles. The Balaban J connectivity index is 1.73. The van der Waals surface area contributed by atoms with E-state index in [9.17, 15) is 9.90 Å². The fourth-order valence-corrected chi connectivity index (χ4v) is 2.54. The van der Waals surface area contributed by atoms with E-state index < -0.39 is 0 Å². The summed E-state index contributed by atoms with van der Waals surface area (Å²) in [5.41, 5.74) is 1.04. The number of carbonyl (C=O) groups excluding carboxylic acids is 1. The molecular formula is C16H25N3O3. The lowest BCUT2D eigenvalue weighted by Gasteiger charge is -2.35. The highest BCUT2D eigenvalue weighted by Gasteiger charge is 2.21. The molecule has 0 unspecified atom stereocenters. The first kappa shape index (κ1) is 16.6. The van der Waals surface area contributed by atoms with E-state index in [-0.39, 0.29) is 12.1 Å². The number of nitrogens with one attached hydrogen (secondary N) is 1. The average molecular weight is 307 g/mol. The second-order valence-corrected chi connectivity index (χ2v) is 5.64. The molecule has 1 aromatic rings. The van der Waals surface area contributed by atoms with Crippen LogP contribution in [0.1, 0.15) is 12.5 Å². The van der Waals surface area contributed by atoms with Crippen LogP contribution in [0.4, 0.5) is 4.79 Å². The number of ether oxygens (including phenoxy) is 1. The van der Waals surface area contributed by atoms with Gasteiger partial charge in [-0.1, -0.05) is 12.1 Å². The number of methoxy groups -OCH3 is 1. The van der Waals surface area contributed by atoms with E-state index in [1.807, 2.05) is 29.2 Å². The summed E-state index contributed by atoms with van der Waals surface area (Å²) in [6.45, 7) is 5.97. The second-order valence-electron chi connectivity index (χ2n) is 5.64. The summed E-state index contributed by atoms with van der Waals surface area (Å²) in [5, 5.41) is 12.3. The van der Waals surface area contributed by atoms with Crippen molar-refractivity contribution in [3.8, 4) is 5.75 Å². The zero-order valence-electron chi connectivity index (χ0n) is 13.3. The number of hydrogen-bond acceptors (Lipinski definition) is 4. The summed E-state index contributed by atoms with van der Waals surface area (Å²) >= 11 is 0. The molecule has 1 aliphatic rings. The third kappa shape index (κ3) is 4.89. The van der Waals surface area contributed by atoms with Crippen molar-refractivity contribution in [1.82, 2.24) is 15.1 Å². The molecule has 1 saturated heterocycles. The van der Waals surface area contributed by atoms with E-state index in [0.717, 1.165) is 24.4 Å². The van der Waals surface area contributed by atoms with Crippen LogP contribution in [0.3, 0.4) is 0 Å².